The van der Waals surface area contributed by atoms with Crippen LogP contribution in [0.2, 0.25) is 0 Å². The van der Waals surface area contributed by atoms with Crippen LogP contribution in [0.25, 0.3) is 0 Å². The Balaban J connectivity index is 2.25. The molecule has 2 heterocycles. The molecule has 0 radical (unpaired) electrons. The predicted molar refractivity (Wildman–Crippen MR) is 249 cm³/mol. The number of piperidine rings is 1. The third kappa shape index (κ3) is 16.3. The molecule has 8 amide bonds. The maximum atomic E-state index is 15.0. The van der Waals surface area contributed by atoms with E-state index in [1.54, 1.807) is 37.8 Å². The topological polar surface area (TPSA) is 218 Å². The maximum absolute atomic E-state index is 15.0. The maximum Gasteiger partial charge on any atom is 0.248 e. The van der Waals surface area contributed by atoms with E-state index >= 15 is 4.79 Å². The van der Waals surface area contributed by atoms with Gasteiger partial charge in [0, 0.05) is 60.7 Å². The minimum Gasteiger partial charge on any atom is -0.391 e. The highest BCUT2D eigenvalue weighted by Gasteiger charge is 2.41. The Hall–Kier alpha value is -5.10. The first-order valence-electron chi connectivity index (χ1n) is 23.4. The average Bonchev–Trinajstić information content (AvgIpc) is 3.26. The third-order valence-electron chi connectivity index (χ3n) is 12.1. The van der Waals surface area contributed by atoms with Gasteiger partial charge in [-0.05, 0) is 77.2 Å². The largest absolute Gasteiger partial charge is 0.391 e. The number of hydrogen-bond donors (Lipinski definition) is 4. The van der Waals surface area contributed by atoms with Crippen LogP contribution >= 0.6 is 0 Å². The molecule has 2 saturated heterocycles. The molecule has 2 unspecified atom stereocenters. The van der Waals surface area contributed by atoms with E-state index in [1.807, 2.05) is 45.9 Å². The SMILES string of the molecule is CC(C)C[C@H]1C(=O)N[C@@H](COC(C)(C)C)C(=O)N(C)[C@@H](Cc2ccccc2)C(=O)N(C)[C@@H](CC(C)C)C(=O)NC(C(=O)N2CCCCC2)CC(=O)N(C)CCC(=O)N[C@@H](C(C)O)C(=O)N1C. The van der Waals surface area contributed by atoms with Crippen LogP contribution in [-0.4, -0.2) is 179 Å². The zero-order chi connectivity index (χ0) is 49.6. The van der Waals surface area contributed by atoms with Crippen LogP contribution in [0.5, 0.6) is 0 Å². The Labute approximate surface area is 391 Å². The van der Waals surface area contributed by atoms with E-state index in [9.17, 15) is 38.7 Å². The van der Waals surface area contributed by atoms with Crippen molar-refractivity contribution in [1.82, 2.24) is 40.4 Å². The molecule has 1 aromatic rings. The number of amides is 8. The second kappa shape index (κ2) is 25.1. The molecule has 7 atom stereocenters. The number of ether oxygens (including phenoxy) is 1. The molecule has 0 bridgehead atoms. The van der Waals surface area contributed by atoms with E-state index < -0.39 is 102 Å². The number of likely N-dealkylation sites (N-methyl/N-ethyl adjacent to an activating group) is 3. The van der Waals surface area contributed by atoms with E-state index in [4.69, 9.17) is 4.74 Å². The van der Waals surface area contributed by atoms with Crippen LogP contribution < -0.4 is 16.0 Å². The van der Waals surface area contributed by atoms with Crippen LogP contribution in [0, 0.1) is 11.8 Å². The lowest BCUT2D eigenvalue weighted by Gasteiger charge is -2.38. The lowest BCUT2D eigenvalue weighted by molar-refractivity contribution is -0.151. The number of aliphatic hydroxyl groups is 1. The molecule has 0 spiro atoms. The number of carbonyl (C=O) groups excluding carboxylic acids is 8. The minimum absolute atomic E-state index is 0.0274. The van der Waals surface area contributed by atoms with Gasteiger partial charge in [-0.1, -0.05) is 58.0 Å². The normalized spacial score (nSPS) is 25.3. The van der Waals surface area contributed by atoms with Gasteiger partial charge in [0.15, 0.2) is 0 Å². The average molecular weight is 927 g/mol. The highest BCUT2D eigenvalue weighted by atomic mass is 16.5. The van der Waals surface area contributed by atoms with E-state index in [2.05, 4.69) is 16.0 Å². The molecule has 0 aromatic heterocycles. The van der Waals surface area contributed by atoms with Gasteiger partial charge in [0.2, 0.25) is 47.3 Å². The molecular weight excluding hydrogens is 849 g/mol. The van der Waals surface area contributed by atoms with Crippen LogP contribution in [0.4, 0.5) is 0 Å². The molecule has 4 N–H and O–H groups in total. The van der Waals surface area contributed by atoms with Gasteiger partial charge in [-0.2, -0.15) is 0 Å². The van der Waals surface area contributed by atoms with Crippen LogP contribution in [0.3, 0.4) is 0 Å². The number of carbonyl (C=O) groups is 8. The summed E-state index contributed by atoms with van der Waals surface area (Å²) < 4.78 is 6.09. The molecule has 3 rings (SSSR count). The van der Waals surface area contributed by atoms with Crippen molar-refractivity contribution in [3.05, 3.63) is 35.9 Å². The van der Waals surface area contributed by atoms with Crippen molar-refractivity contribution < 1.29 is 48.2 Å². The molecule has 66 heavy (non-hydrogen) atoms. The van der Waals surface area contributed by atoms with Gasteiger partial charge in [0.1, 0.15) is 36.3 Å². The van der Waals surface area contributed by atoms with Gasteiger partial charge in [-0.15, -0.1) is 0 Å². The first-order valence-corrected chi connectivity index (χ1v) is 23.4. The standard InChI is InChI=1S/C48H78N8O10/c1-30(2)25-36-42(60)49-34(45(63)56-22-17-14-18-23-56)28-40(59)52(9)24-21-39(58)51-41(32(5)57)47(65)54(11)37(26-31(3)4)43(61)50-35(29-66-48(6,7)8)44(62)55(12)38(46(64)53(36)10)27-33-19-15-13-16-20-33/h13,15-16,19-20,30-32,34-38,41,57H,14,17-18,21-29H2,1-12H3,(H,49,60)(H,50,61)(H,51,58)/t32?,34?,35-,36-,37-,38-,41-/m0/s1. The molecular formula is C48H78N8O10. The van der Waals surface area contributed by atoms with Crippen molar-refractivity contribution in [3.8, 4) is 0 Å². The van der Waals surface area contributed by atoms with Crippen molar-refractivity contribution in [2.45, 2.75) is 155 Å². The van der Waals surface area contributed by atoms with E-state index in [0.29, 0.717) is 18.7 Å². The molecule has 0 saturated carbocycles. The summed E-state index contributed by atoms with van der Waals surface area (Å²) in [5.41, 5.74) is -0.0519. The highest BCUT2D eigenvalue weighted by Crippen LogP contribution is 2.21. The summed E-state index contributed by atoms with van der Waals surface area (Å²) in [7, 11) is 5.77. The fourth-order valence-corrected chi connectivity index (χ4v) is 8.10. The molecule has 2 aliphatic heterocycles. The second-order valence-electron chi connectivity index (χ2n) is 19.8. The van der Waals surface area contributed by atoms with Gasteiger partial charge >= 0.3 is 0 Å². The summed E-state index contributed by atoms with van der Waals surface area (Å²) in [5.74, 6) is -5.31. The quantitative estimate of drug-likeness (QED) is 0.267. The molecule has 18 nitrogen and oxygen atoms in total. The Bertz CT molecular complexity index is 1830. The fraction of sp³-hybridized carbons (Fsp3) is 0.708. The molecule has 370 valence electrons. The Morgan fingerprint density at radius 3 is 1.77 bits per heavy atom. The van der Waals surface area contributed by atoms with E-state index in [0.717, 1.165) is 24.2 Å². The zero-order valence-corrected chi connectivity index (χ0v) is 41.4. The van der Waals surface area contributed by atoms with E-state index in [-0.39, 0.29) is 50.7 Å². The van der Waals surface area contributed by atoms with E-state index in [1.165, 1.54) is 49.8 Å². The molecule has 2 fully saturated rings. The third-order valence-corrected chi connectivity index (χ3v) is 12.1. The number of nitrogens with one attached hydrogen (secondary N) is 3. The lowest BCUT2D eigenvalue weighted by Crippen LogP contribution is -2.62. The first kappa shape index (κ1) is 55.2. The minimum atomic E-state index is -1.48. The number of nitrogens with zero attached hydrogens (tertiary/aromatic N) is 5. The van der Waals surface area contributed by atoms with Gasteiger partial charge in [-0.25, -0.2) is 0 Å². The van der Waals surface area contributed by atoms with Crippen molar-refractivity contribution in [1.29, 1.82) is 0 Å². The summed E-state index contributed by atoms with van der Waals surface area (Å²) >= 11 is 0. The second-order valence-corrected chi connectivity index (χ2v) is 19.8. The lowest BCUT2D eigenvalue weighted by atomic mass is 9.98. The summed E-state index contributed by atoms with van der Waals surface area (Å²) in [6.45, 7) is 14.6. The number of benzene rings is 1. The fourth-order valence-electron chi connectivity index (χ4n) is 8.10. The molecule has 18 heteroatoms. The summed E-state index contributed by atoms with van der Waals surface area (Å²) in [5, 5.41) is 19.0. The Morgan fingerprint density at radius 1 is 0.712 bits per heavy atom. The van der Waals surface area contributed by atoms with Gasteiger partial charge in [0.25, 0.3) is 0 Å². The number of hydrogen-bond acceptors (Lipinski definition) is 10. The van der Waals surface area contributed by atoms with Crippen molar-refractivity contribution in [2.24, 2.45) is 11.8 Å². The van der Waals surface area contributed by atoms with Gasteiger partial charge < -0.3 is 50.3 Å². The monoisotopic (exact) mass is 927 g/mol. The van der Waals surface area contributed by atoms with Crippen molar-refractivity contribution in [3.63, 3.8) is 0 Å². The van der Waals surface area contributed by atoms with Crippen LogP contribution in [-0.2, 0) is 49.5 Å². The Kier molecular flexibility index (Phi) is 21.0. The summed E-state index contributed by atoms with van der Waals surface area (Å²) in [6, 6.07) is 1.37. The van der Waals surface area contributed by atoms with Crippen LogP contribution in [0.1, 0.15) is 106 Å². The highest BCUT2D eigenvalue weighted by molar-refractivity contribution is 5.98. The molecule has 2 aliphatic rings. The van der Waals surface area contributed by atoms with Gasteiger partial charge in [-0.3, -0.25) is 38.4 Å². The number of likely N-dealkylation sites (tertiary alicyclic amines) is 1. The van der Waals surface area contributed by atoms with Gasteiger partial charge in [0.05, 0.1) is 24.7 Å². The van der Waals surface area contributed by atoms with Crippen LogP contribution in [0.15, 0.2) is 30.3 Å². The number of aliphatic hydroxyl groups excluding tert-OH is 1. The van der Waals surface area contributed by atoms with Crippen molar-refractivity contribution in [2.75, 3.05) is 54.4 Å². The first-order chi connectivity index (χ1) is 30.8. The molecule has 0 aliphatic carbocycles. The molecule has 1 aromatic carbocycles. The van der Waals surface area contributed by atoms with Crippen molar-refractivity contribution >= 4 is 47.3 Å². The predicted octanol–water partition coefficient (Wildman–Crippen LogP) is 1.72. The summed E-state index contributed by atoms with van der Waals surface area (Å²) in [4.78, 5) is 121. The smallest absolute Gasteiger partial charge is 0.248 e. The zero-order valence-electron chi connectivity index (χ0n) is 41.4. The Morgan fingerprint density at radius 2 is 1.24 bits per heavy atom. The summed E-state index contributed by atoms with van der Waals surface area (Å²) in [6.07, 6.45) is 0.671. The number of rotatable bonds is 10.